The molecular formula is C16H18F14N2O4. The molecule has 4 N–H and O–H groups in total. The van der Waals surface area contributed by atoms with E-state index in [1.54, 1.807) is 5.32 Å². The van der Waals surface area contributed by atoms with E-state index in [0.717, 1.165) is 0 Å². The average Bonchev–Trinajstić information content (AvgIpc) is 2.60. The van der Waals surface area contributed by atoms with Crippen LogP contribution in [0, 0.1) is 0 Å². The van der Waals surface area contributed by atoms with Crippen LogP contribution in [-0.4, -0.2) is 70.5 Å². The number of hydrogen-bond acceptors (Lipinski definition) is 2. The molecule has 0 aromatic heterocycles. The van der Waals surface area contributed by atoms with Crippen molar-refractivity contribution in [2.24, 2.45) is 0 Å². The summed E-state index contributed by atoms with van der Waals surface area (Å²) in [5, 5.41) is 19.6. The molecule has 6 nitrogen and oxygen atoms in total. The summed E-state index contributed by atoms with van der Waals surface area (Å²) in [6, 6.07) is 0. The molecule has 0 radical (unpaired) electrons. The van der Waals surface area contributed by atoms with E-state index in [4.69, 9.17) is 10.2 Å². The van der Waals surface area contributed by atoms with Gasteiger partial charge in [0, 0.05) is 19.4 Å². The number of unbranched alkanes of at least 4 members (excludes halogenated alkanes) is 2. The highest BCUT2D eigenvalue weighted by Gasteiger charge is 2.77. The molecule has 2 amide bonds. The smallest absolute Gasteiger partial charge is 0.459 e. The monoisotopic (exact) mass is 568 g/mol. The van der Waals surface area contributed by atoms with E-state index in [2.05, 4.69) is 0 Å². The normalized spacial score (nSPS) is 14.5. The van der Waals surface area contributed by atoms with E-state index >= 15 is 0 Å². The molecule has 0 aliphatic carbocycles. The van der Waals surface area contributed by atoms with E-state index in [-0.39, 0.29) is 6.42 Å². The highest BCUT2D eigenvalue weighted by molar-refractivity contribution is 5.65. The van der Waals surface area contributed by atoms with Crippen LogP contribution in [0.25, 0.3) is 0 Å². The van der Waals surface area contributed by atoms with E-state index in [0.29, 0.717) is 5.32 Å². The molecule has 0 fully saturated rings. The van der Waals surface area contributed by atoms with Gasteiger partial charge in [0.05, 0.1) is 5.54 Å². The maximum atomic E-state index is 14.0. The first kappa shape index (κ1) is 33.6. The van der Waals surface area contributed by atoms with Gasteiger partial charge < -0.3 is 20.8 Å². The molecule has 0 aliphatic heterocycles. The number of carbonyl (C=O) groups is 2. The molecule has 0 saturated heterocycles. The van der Waals surface area contributed by atoms with Gasteiger partial charge in [-0.25, -0.2) is 9.59 Å². The number of alkyl halides is 14. The molecule has 0 spiro atoms. The molecule has 0 rings (SSSR count). The van der Waals surface area contributed by atoms with Gasteiger partial charge in [-0.3, -0.25) is 0 Å². The number of nitrogens with one attached hydrogen (secondary N) is 2. The fraction of sp³-hybridized carbons (Fsp3) is 0.875. The van der Waals surface area contributed by atoms with Crippen molar-refractivity contribution in [2.45, 2.75) is 80.1 Å². The number of rotatable bonds is 13. The maximum Gasteiger partial charge on any atom is 0.459 e. The van der Waals surface area contributed by atoms with Crippen LogP contribution < -0.4 is 10.6 Å². The summed E-state index contributed by atoms with van der Waals surface area (Å²) in [6.45, 7) is -0.417. The van der Waals surface area contributed by atoms with Crippen molar-refractivity contribution >= 4 is 12.2 Å². The van der Waals surface area contributed by atoms with E-state index < -0.39 is 92.4 Å². The minimum absolute atomic E-state index is 0.292. The molecule has 0 aliphatic rings. The van der Waals surface area contributed by atoms with Crippen LogP contribution in [0.2, 0.25) is 0 Å². The van der Waals surface area contributed by atoms with Crippen molar-refractivity contribution in [3.05, 3.63) is 0 Å². The lowest BCUT2D eigenvalue weighted by molar-refractivity contribution is -0.366. The largest absolute Gasteiger partial charge is 0.465 e. The predicted octanol–water partition coefficient (Wildman–Crippen LogP) is 6.27. The van der Waals surface area contributed by atoms with Crippen molar-refractivity contribution in [2.75, 3.05) is 6.54 Å². The lowest BCUT2D eigenvalue weighted by Gasteiger charge is -2.42. The maximum absolute atomic E-state index is 14.0. The Hall–Kier alpha value is -2.44. The Bertz CT molecular complexity index is 727. The molecule has 20 heteroatoms. The Morgan fingerprint density at radius 2 is 0.972 bits per heavy atom. The van der Waals surface area contributed by atoms with Gasteiger partial charge in [0.1, 0.15) is 0 Å². The van der Waals surface area contributed by atoms with Crippen LogP contribution in [0.5, 0.6) is 0 Å². The fourth-order valence-electron chi connectivity index (χ4n) is 3.06. The van der Waals surface area contributed by atoms with Gasteiger partial charge in [-0.1, -0.05) is 12.8 Å². The first-order chi connectivity index (χ1) is 15.7. The third-order valence-corrected chi connectivity index (χ3v) is 4.73. The zero-order chi connectivity index (χ0) is 29.0. The number of carboxylic acid groups (broad SMARTS) is 2. The molecule has 0 unspecified atom stereocenters. The second-order valence-electron chi connectivity index (χ2n) is 7.66. The van der Waals surface area contributed by atoms with Crippen LogP contribution in [0.4, 0.5) is 71.1 Å². The standard InChI is InChI=1S/C16H18F14N2O4/c17-11(18,13(21,22)15(25,26)27)6-10(32-9(35)36,4-2-1-3-5-31-8(33)34)7-12(19,20)14(23,24)16(28,29)30/h31-32H,1-7H2,(H,33,34)(H,35,36). The molecule has 214 valence electrons. The third-order valence-electron chi connectivity index (χ3n) is 4.73. The average molecular weight is 568 g/mol. The molecule has 0 atom stereocenters. The van der Waals surface area contributed by atoms with Crippen molar-refractivity contribution in [1.29, 1.82) is 0 Å². The van der Waals surface area contributed by atoms with E-state index in [1.165, 1.54) is 0 Å². The quantitative estimate of drug-likeness (QED) is 0.156. The van der Waals surface area contributed by atoms with Gasteiger partial charge in [0.25, 0.3) is 0 Å². The predicted molar refractivity (Wildman–Crippen MR) is 89.5 cm³/mol. The van der Waals surface area contributed by atoms with Crippen molar-refractivity contribution < 1.29 is 81.3 Å². The van der Waals surface area contributed by atoms with Gasteiger partial charge in [-0.2, -0.15) is 61.5 Å². The van der Waals surface area contributed by atoms with Gasteiger partial charge in [0.2, 0.25) is 0 Å². The summed E-state index contributed by atoms with van der Waals surface area (Å²) in [4.78, 5) is 21.3. The highest BCUT2D eigenvalue weighted by atomic mass is 19.4. The van der Waals surface area contributed by atoms with Crippen LogP contribution >= 0.6 is 0 Å². The summed E-state index contributed by atoms with van der Waals surface area (Å²) < 4.78 is 184. The summed E-state index contributed by atoms with van der Waals surface area (Å²) in [5.41, 5.74) is -4.07. The Kier molecular flexibility index (Phi) is 10.2. The number of amides is 2. The lowest BCUT2D eigenvalue weighted by atomic mass is 9.78. The minimum atomic E-state index is -7.06. The Morgan fingerprint density at radius 3 is 1.28 bits per heavy atom. The third kappa shape index (κ3) is 8.04. The molecule has 0 bridgehead atoms. The van der Waals surface area contributed by atoms with Crippen LogP contribution in [0.3, 0.4) is 0 Å². The SMILES string of the molecule is O=C(O)NCCCCCC(CC(F)(F)C(F)(F)C(F)(F)F)(CC(F)(F)C(F)(F)C(F)(F)F)NC(=O)O. The molecule has 36 heavy (non-hydrogen) atoms. The minimum Gasteiger partial charge on any atom is -0.465 e. The fourth-order valence-corrected chi connectivity index (χ4v) is 3.06. The molecule has 0 heterocycles. The van der Waals surface area contributed by atoms with Gasteiger partial charge >= 0.3 is 48.2 Å². The summed E-state index contributed by atoms with van der Waals surface area (Å²) in [6.07, 6.45) is -28.2. The summed E-state index contributed by atoms with van der Waals surface area (Å²) in [7, 11) is 0. The Morgan fingerprint density at radius 1 is 0.583 bits per heavy atom. The van der Waals surface area contributed by atoms with Crippen molar-refractivity contribution in [3.8, 4) is 0 Å². The second kappa shape index (κ2) is 10.9. The topological polar surface area (TPSA) is 98.7 Å². The molecular weight excluding hydrogens is 550 g/mol. The Labute approximate surface area is 192 Å². The van der Waals surface area contributed by atoms with Crippen LogP contribution in [0.1, 0.15) is 38.5 Å². The molecule has 0 aromatic rings. The number of halogens is 14. The highest BCUT2D eigenvalue weighted by Crippen LogP contribution is 2.54. The van der Waals surface area contributed by atoms with Gasteiger partial charge in [-0.05, 0) is 12.8 Å². The van der Waals surface area contributed by atoms with Gasteiger partial charge in [0.15, 0.2) is 0 Å². The van der Waals surface area contributed by atoms with E-state index in [1.807, 2.05) is 0 Å². The zero-order valence-electron chi connectivity index (χ0n) is 17.5. The summed E-state index contributed by atoms with van der Waals surface area (Å²) in [5.74, 6) is -27.0. The van der Waals surface area contributed by atoms with Gasteiger partial charge in [-0.15, -0.1) is 0 Å². The molecule has 0 aromatic carbocycles. The summed E-state index contributed by atoms with van der Waals surface area (Å²) >= 11 is 0. The van der Waals surface area contributed by atoms with Crippen molar-refractivity contribution in [3.63, 3.8) is 0 Å². The Balaban J connectivity index is 6.45. The van der Waals surface area contributed by atoms with Crippen molar-refractivity contribution in [1.82, 2.24) is 10.6 Å². The first-order valence-corrected chi connectivity index (χ1v) is 9.37. The van der Waals surface area contributed by atoms with E-state index in [9.17, 15) is 71.1 Å². The van der Waals surface area contributed by atoms with Crippen LogP contribution in [0.15, 0.2) is 0 Å². The zero-order valence-corrected chi connectivity index (χ0v) is 17.5. The lowest BCUT2D eigenvalue weighted by Crippen LogP contribution is -2.63. The van der Waals surface area contributed by atoms with Crippen LogP contribution in [-0.2, 0) is 0 Å². The number of hydrogen-bond donors (Lipinski definition) is 4. The molecule has 0 saturated carbocycles. The second-order valence-corrected chi connectivity index (χ2v) is 7.66. The first-order valence-electron chi connectivity index (χ1n) is 9.37.